The third kappa shape index (κ3) is 6.08. The highest BCUT2D eigenvalue weighted by Crippen LogP contribution is 2.63. The number of hydrogen-bond donors (Lipinski definition) is 6. The van der Waals surface area contributed by atoms with Gasteiger partial charge in [0, 0.05) is 29.7 Å². The highest BCUT2D eigenvalue weighted by Gasteiger charge is 2.76. The number of amides is 1. The fraction of sp³-hybridized carbons (Fsp3) is 0.442. The SMILES string of the molecule is CC1=C2[C@@H](O)C(=O)[C@@]3(C)[C@H]([C@H](OC(=O)c4ccccc4)[C@](O)(C[C@@H]1OC(=O)[C@H](O)[C@@H](NC(=O)c1ccccc1)c1ccccc1)C2(C)C)[C@]1(O)CO[C@@H]1C[C@@H]3O. The van der Waals surface area contributed by atoms with E-state index in [9.17, 15) is 44.7 Å². The van der Waals surface area contributed by atoms with Crippen LogP contribution in [0.4, 0.5) is 0 Å². The topological polar surface area (TPSA) is 209 Å². The van der Waals surface area contributed by atoms with Gasteiger partial charge in [0.1, 0.15) is 29.5 Å². The number of ether oxygens (including phenoxy) is 3. The predicted molar refractivity (Wildman–Crippen MR) is 199 cm³/mol. The van der Waals surface area contributed by atoms with Gasteiger partial charge >= 0.3 is 11.9 Å². The summed E-state index contributed by atoms with van der Waals surface area (Å²) in [7, 11) is 0. The largest absolute Gasteiger partial charge is 0.456 e. The number of rotatable bonds is 8. The molecule has 7 rings (SSSR count). The Bertz CT molecular complexity index is 2040. The number of esters is 2. The molecule has 0 radical (unpaired) electrons. The molecule has 296 valence electrons. The molecular formula is C43H47NO12. The van der Waals surface area contributed by atoms with Crippen molar-refractivity contribution in [2.75, 3.05) is 6.61 Å². The Morgan fingerprint density at radius 1 is 0.857 bits per heavy atom. The summed E-state index contributed by atoms with van der Waals surface area (Å²) in [5.41, 5.74) is -6.83. The Labute approximate surface area is 323 Å². The zero-order valence-electron chi connectivity index (χ0n) is 31.5. The first-order valence-electron chi connectivity index (χ1n) is 18.7. The minimum absolute atomic E-state index is 0.0351. The van der Waals surface area contributed by atoms with Gasteiger partial charge in [-0.25, -0.2) is 9.59 Å². The van der Waals surface area contributed by atoms with Gasteiger partial charge in [0.2, 0.25) is 0 Å². The van der Waals surface area contributed by atoms with Crippen molar-refractivity contribution in [2.24, 2.45) is 16.7 Å². The molecule has 4 aliphatic rings. The quantitative estimate of drug-likeness (QED) is 0.144. The molecule has 3 fully saturated rings. The van der Waals surface area contributed by atoms with Gasteiger partial charge in [0.05, 0.1) is 35.8 Å². The Hall–Kier alpha value is -4.76. The summed E-state index contributed by atoms with van der Waals surface area (Å²) < 4.78 is 17.9. The third-order valence-corrected chi connectivity index (χ3v) is 12.9. The highest BCUT2D eigenvalue weighted by atomic mass is 16.6. The van der Waals surface area contributed by atoms with Crippen molar-refractivity contribution in [3.05, 3.63) is 119 Å². The van der Waals surface area contributed by atoms with E-state index in [1.165, 1.54) is 26.0 Å². The first-order chi connectivity index (χ1) is 26.5. The van der Waals surface area contributed by atoms with Crippen molar-refractivity contribution < 1.29 is 58.9 Å². The maximum Gasteiger partial charge on any atom is 0.338 e. The van der Waals surface area contributed by atoms with E-state index in [4.69, 9.17) is 14.2 Å². The number of aliphatic hydroxyl groups excluding tert-OH is 3. The molecule has 13 heteroatoms. The normalized spacial score (nSPS) is 34.3. The first kappa shape index (κ1) is 39.5. The van der Waals surface area contributed by atoms with E-state index in [1.807, 2.05) is 0 Å². The number of aliphatic hydroxyl groups is 5. The summed E-state index contributed by atoms with van der Waals surface area (Å²) >= 11 is 0. The van der Waals surface area contributed by atoms with Crippen LogP contribution in [0.5, 0.6) is 0 Å². The zero-order valence-corrected chi connectivity index (χ0v) is 31.5. The molecule has 13 nitrogen and oxygen atoms in total. The van der Waals surface area contributed by atoms with E-state index in [2.05, 4.69) is 5.32 Å². The number of carbonyl (C=O) groups excluding carboxylic acids is 4. The van der Waals surface area contributed by atoms with E-state index >= 15 is 0 Å². The van der Waals surface area contributed by atoms with E-state index in [0.29, 0.717) is 5.56 Å². The summed E-state index contributed by atoms with van der Waals surface area (Å²) in [4.78, 5) is 56.0. The maximum absolute atomic E-state index is 14.7. The fourth-order valence-electron chi connectivity index (χ4n) is 9.54. The molecular weight excluding hydrogens is 722 g/mol. The van der Waals surface area contributed by atoms with Gasteiger partial charge in [-0.05, 0) is 54.8 Å². The average molecular weight is 770 g/mol. The standard InChI is InChI=1S/C43H47NO12/c1-23-27(55-39(51)33(47)31(24-14-8-5-9-15-24)44-37(49)25-16-10-6-11-17-25)21-43(53)36(56-38(50)26-18-12-7-13-19-26)34-41(4,28(45)20-29-42(34,52)22-54-29)35(48)32(46)30(23)40(43,2)3/h5-19,27-29,31-34,36,45-47,52-53H,20-22H2,1-4H3,(H,44,49)/t27-,28-,29+,31-,32+,33+,34-,36-,41+,42-,43+/m0/s1. The third-order valence-electron chi connectivity index (χ3n) is 12.9. The van der Waals surface area contributed by atoms with Gasteiger partial charge in [-0.15, -0.1) is 0 Å². The predicted octanol–water partition coefficient (Wildman–Crippen LogP) is 2.59. The van der Waals surface area contributed by atoms with Crippen LogP contribution in [0.25, 0.3) is 0 Å². The van der Waals surface area contributed by atoms with Gasteiger partial charge in [-0.1, -0.05) is 80.6 Å². The second-order valence-electron chi connectivity index (χ2n) is 16.2. The average Bonchev–Trinajstić information content (AvgIpc) is 3.19. The number of Topliss-reactive ketones (excluding diaryl/α,β-unsaturated/α-hetero) is 1. The molecule has 1 aliphatic heterocycles. The monoisotopic (exact) mass is 769 g/mol. The van der Waals surface area contributed by atoms with Gasteiger partial charge < -0.3 is 45.1 Å². The second-order valence-corrected chi connectivity index (χ2v) is 16.2. The lowest BCUT2D eigenvalue weighted by molar-refractivity contribution is -0.343. The molecule has 11 atom stereocenters. The van der Waals surface area contributed by atoms with E-state index in [0.717, 1.165) is 0 Å². The van der Waals surface area contributed by atoms with Gasteiger partial charge in [-0.2, -0.15) is 0 Å². The number of carbonyl (C=O) groups is 4. The summed E-state index contributed by atoms with van der Waals surface area (Å²) in [5.74, 6) is -5.07. The molecule has 0 unspecified atom stereocenters. The molecule has 1 amide bonds. The first-order valence-corrected chi connectivity index (χ1v) is 18.7. The minimum atomic E-state index is -2.30. The number of hydrogen-bond acceptors (Lipinski definition) is 12. The van der Waals surface area contributed by atoms with E-state index in [1.54, 1.807) is 92.7 Å². The molecule has 0 spiro atoms. The number of nitrogens with one attached hydrogen (secondary N) is 1. The lowest BCUT2D eigenvalue weighted by Crippen LogP contribution is -2.81. The van der Waals surface area contributed by atoms with Crippen molar-refractivity contribution >= 4 is 23.6 Å². The van der Waals surface area contributed by atoms with Crippen molar-refractivity contribution in [1.29, 1.82) is 0 Å². The van der Waals surface area contributed by atoms with Crippen molar-refractivity contribution in [3.8, 4) is 0 Å². The molecule has 1 heterocycles. The highest BCUT2D eigenvalue weighted by molar-refractivity contribution is 5.95. The molecule has 6 N–H and O–H groups in total. The second kappa shape index (κ2) is 14.3. The maximum atomic E-state index is 14.7. The molecule has 56 heavy (non-hydrogen) atoms. The molecule has 2 saturated carbocycles. The van der Waals surface area contributed by atoms with Crippen LogP contribution in [0, 0.1) is 16.7 Å². The van der Waals surface area contributed by atoms with Gasteiger partial charge in [0.15, 0.2) is 11.9 Å². The summed E-state index contributed by atoms with van der Waals surface area (Å²) in [6, 6.07) is 23.2. The van der Waals surface area contributed by atoms with Crippen LogP contribution in [-0.2, 0) is 23.8 Å². The van der Waals surface area contributed by atoms with Crippen LogP contribution < -0.4 is 5.32 Å². The number of ketones is 1. The molecule has 0 aromatic heterocycles. The lowest BCUT2D eigenvalue weighted by Gasteiger charge is -2.66. The summed E-state index contributed by atoms with van der Waals surface area (Å²) in [6.45, 7) is 5.72. The summed E-state index contributed by atoms with van der Waals surface area (Å²) in [5, 5.41) is 63.6. The fourth-order valence-corrected chi connectivity index (χ4v) is 9.54. The zero-order chi connectivity index (χ0) is 40.4. The molecule has 1 saturated heterocycles. The Balaban J connectivity index is 1.31. The van der Waals surface area contributed by atoms with Crippen LogP contribution in [0.3, 0.4) is 0 Å². The Morgan fingerprint density at radius 2 is 1.43 bits per heavy atom. The van der Waals surface area contributed by atoms with E-state index < -0.39 is 101 Å². The number of fused-ring (bicyclic) bond motifs is 5. The van der Waals surface area contributed by atoms with Crippen LogP contribution >= 0.6 is 0 Å². The van der Waals surface area contributed by atoms with Gasteiger partial charge in [-0.3, -0.25) is 9.59 Å². The summed E-state index contributed by atoms with van der Waals surface area (Å²) in [6.07, 6.45) is -10.3. The molecule has 2 bridgehead atoms. The van der Waals surface area contributed by atoms with Crippen molar-refractivity contribution in [2.45, 2.75) is 94.4 Å². The van der Waals surface area contributed by atoms with Crippen LogP contribution in [0.15, 0.2) is 102 Å². The van der Waals surface area contributed by atoms with E-state index in [-0.39, 0.29) is 35.3 Å². The van der Waals surface area contributed by atoms with Gasteiger partial charge in [0.25, 0.3) is 5.91 Å². The van der Waals surface area contributed by atoms with Crippen molar-refractivity contribution in [3.63, 3.8) is 0 Å². The van der Waals surface area contributed by atoms with Crippen LogP contribution in [-0.4, -0.2) is 104 Å². The van der Waals surface area contributed by atoms with Crippen LogP contribution in [0.2, 0.25) is 0 Å². The Kier molecular flexibility index (Phi) is 10.1. The minimum Gasteiger partial charge on any atom is -0.456 e. The van der Waals surface area contributed by atoms with Crippen LogP contribution in [0.1, 0.15) is 72.9 Å². The molecule has 3 aliphatic carbocycles. The Morgan fingerprint density at radius 3 is 2.00 bits per heavy atom. The number of benzene rings is 3. The van der Waals surface area contributed by atoms with Crippen molar-refractivity contribution in [1.82, 2.24) is 5.32 Å². The lowest BCUT2D eigenvalue weighted by atomic mass is 9.44. The smallest absolute Gasteiger partial charge is 0.338 e. The molecule has 3 aromatic carbocycles. The molecule has 3 aromatic rings.